The second-order valence-corrected chi connectivity index (χ2v) is 20.2. The minimum atomic E-state index is -0.0325. The number of hydrogen-bond acceptors (Lipinski definition) is 3. The molecule has 0 amide bonds. The van der Waals surface area contributed by atoms with Gasteiger partial charge in [-0.25, -0.2) is 0 Å². The molecule has 11 rings (SSSR count). The Morgan fingerprint density at radius 3 is 1.92 bits per heavy atom. The van der Waals surface area contributed by atoms with Gasteiger partial charge in [-0.05, 0) is 138 Å². The number of fused-ring (bicyclic) bond motifs is 9. The van der Waals surface area contributed by atoms with Crippen LogP contribution >= 0.6 is 0 Å². The first-order chi connectivity index (χ1) is 29.7. The maximum atomic E-state index is 7.47. The van der Waals surface area contributed by atoms with Gasteiger partial charge >= 0.3 is 0 Å². The summed E-state index contributed by atoms with van der Waals surface area (Å²) in [5.74, 6) is 1.91. The zero-order valence-electron chi connectivity index (χ0n) is 37.7. The topological polar surface area (TPSA) is 20.6 Å². The third-order valence-corrected chi connectivity index (χ3v) is 13.8. The largest absolute Gasteiger partial charge is 0.458 e. The highest BCUT2D eigenvalue weighted by atomic mass is 16.5. The van der Waals surface area contributed by atoms with Gasteiger partial charge in [-0.3, -0.25) is 0 Å². The molecule has 5 heteroatoms. The van der Waals surface area contributed by atoms with E-state index in [-0.39, 0.29) is 17.5 Å². The lowest BCUT2D eigenvalue weighted by molar-refractivity contribution is 0.493. The molecule has 4 nitrogen and oxygen atoms in total. The number of benzene rings is 7. The van der Waals surface area contributed by atoms with Crippen LogP contribution in [0.1, 0.15) is 80.5 Å². The van der Waals surface area contributed by atoms with Crippen LogP contribution < -0.4 is 25.5 Å². The van der Waals surface area contributed by atoms with Gasteiger partial charge in [0.05, 0.1) is 16.6 Å². The second-order valence-electron chi connectivity index (χ2n) is 20.2. The van der Waals surface area contributed by atoms with Crippen molar-refractivity contribution in [2.75, 3.05) is 9.80 Å². The van der Waals surface area contributed by atoms with Crippen LogP contribution in [0.4, 0.5) is 28.4 Å². The second kappa shape index (κ2) is 13.5. The average Bonchev–Trinajstić information content (AvgIpc) is 3.77. The minimum Gasteiger partial charge on any atom is -0.458 e. The summed E-state index contributed by atoms with van der Waals surface area (Å²) in [6.07, 6.45) is 0.866. The van der Waals surface area contributed by atoms with E-state index in [9.17, 15) is 0 Å². The summed E-state index contributed by atoms with van der Waals surface area (Å²) in [7, 11) is 2.21. The number of nitrogens with zero attached hydrogens (tertiary/aromatic N) is 3. The molecule has 0 bridgehead atoms. The lowest BCUT2D eigenvalue weighted by Gasteiger charge is -2.41. The average molecular weight is 808 g/mol. The van der Waals surface area contributed by atoms with E-state index in [1.807, 2.05) is 0 Å². The Labute approximate surface area is 367 Å². The quantitative estimate of drug-likeness (QED) is 0.165. The number of anilines is 5. The normalized spacial score (nSPS) is 14.2. The van der Waals surface area contributed by atoms with E-state index in [2.05, 4.69) is 217 Å². The van der Waals surface area contributed by atoms with Crippen molar-refractivity contribution in [3.05, 3.63) is 178 Å². The third kappa shape index (κ3) is 5.81. The van der Waals surface area contributed by atoms with Crippen LogP contribution in [0.15, 0.2) is 139 Å². The van der Waals surface area contributed by atoms with Crippen molar-refractivity contribution in [3.8, 4) is 11.5 Å². The first-order valence-electron chi connectivity index (χ1n) is 22.2. The first kappa shape index (κ1) is 38.5. The van der Waals surface area contributed by atoms with Gasteiger partial charge in [0.2, 0.25) is 0 Å². The van der Waals surface area contributed by atoms with Gasteiger partial charge in [-0.2, -0.15) is 0 Å². The molecule has 1 aliphatic carbocycles. The van der Waals surface area contributed by atoms with Crippen molar-refractivity contribution in [2.24, 2.45) is 7.05 Å². The molecule has 0 fully saturated rings. The predicted octanol–water partition coefficient (Wildman–Crippen LogP) is 13.7. The lowest BCUT2D eigenvalue weighted by atomic mass is 9.33. The molecule has 0 saturated carbocycles. The fraction of sp³-hybridized carbons (Fsp3) is 0.228. The van der Waals surface area contributed by atoms with E-state index < -0.39 is 0 Å². The molecule has 3 heterocycles. The molecular formula is C57H54BN3O. The van der Waals surface area contributed by atoms with Crippen LogP contribution in [0, 0.1) is 20.8 Å². The number of hydrogen-bond donors (Lipinski definition) is 0. The highest BCUT2D eigenvalue weighted by Gasteiger charge is 2.47. The van der Waals surface area contributed by atoms with Crippen LogP contribution in [-0.2, 0) is 24.3 Å². The number of ether oxygens (including phenoxy) is 1. The van der Waals surface area contributed by atoms with Crippen molar-refractivity contribution >= 4 is 73.6 Å². The molecule has 0 saturated heterocycles. The number of allylic oxidation sites excluding steroid dienone is 1. The van der Waals surface area contributed by atoms with Gasteiger partial charge in [0.1, 0.15) is 11.5 Å². The van der Waals surface area contributed by atoms with Crippen LogP contribution in [-0.4, -0.2) is 11.3 Å². The number of para-hydroxylation sites is 1. The molecule has 0 unspecified atom stereocenters. The van der Waals surface area contributed by atoms with Crippen LogP contribution in [0.3, 0.4) is 0 Å². The summed E-state index contributed by atoms with van der Waals surface area (Å²) in [6, 6.07) is 50.5. The minimum absolute atomic E-state index is 0.00340. The Hall–Kier alpha value is -6.46. The summed E-state index contributed by atoms with van der Waals surface area (Å²) in [5.41, 5.74) is 22.4. The van der Waals surface area contributed by atoms with Crippen LogP contribution in [0.2, 0.25) is 0 Å². The molecular weight excluding hydrogens is 753 g/mol. The smallest absolute Gasteiger partial charge is 0.252 e. The van der Waals surface area contributed by atoms with Crippen LogP contribution in [0.25, 0.3) is 27.5 Å². The Bertz CT molecular complexity index is 3130. The highest BCUT2D eigenvalue weighted by Crippen LogP contribution is 2.52. The summed E-state index contributed by atoms with van der Waals surface area (Å²) < 4.78 is 9.85. The van der Waals surface area contributed by atoms with Crippen LogP contribution in [0.5, 0.6) is 11.5 Å². The zero-order valence-corrected chi connectivity index (χ0v) is 37.7. The number of aryl methyl sites for hydroxylation is 4. The van der Waals surface area contributed by atoms with E-state index in [4.69, 9.17) is 4.74 Å². The first-order valence-corrected chi connectivity index (χ1v) is 22.2. The van der Waals surface area contributed by atoms with E-state index in [1.54, 1.807) is 0 Å². The monoisotopic (exact) mass is 807 g/mol. The van der Waals surface area contributed by atoms with Gasteiger partial charge < -0.3 is 19.1 Å². The van der Waals surface area contributed by atoms with Crippen molar-refractivity contribution in [2.45, 2.75) is 79.6 Å². The van der Waals surface area contributed by atoms with Crippen molar-refractivity contribution in [1.82, 2.24) is 4.57 Å². The number of aromatic nitrogens is 1. The number of rotatable bonds is 4. The Balaban J connectivity index is 1.25. The SMILES string of the molecule is Cc1ccc(N(c2ccc(C)cc2)c2cc3c(c4c5ccccc5n(C)c24)Oc2cc(C)cc4c2B3C2=C(c3cc(C(C)(C)C)ccc3C2)N4c2ccc(C(C)(C)C)cc2)cc1. The fourth-order valence-corrected chi connectivity index (χ4v) is 10.5. The third-order valence-electron chi connectivity index (χ3n) is 13.8. The molecule has 0 atom stereocenters. The van der Waals surface area contributed by atoms with E-state index in [0.29, 0.717) is 0 Å². The predicted molar refractivity (Wildman–Crippen MR) is 264 cm³/mol. The zero-order chi connectivity index (χ0) is 43.0. The molecule has 7 aromatic carbocycles. The Morgan fingerprint density at radius 1 is 0.645 bits per heavy atom. The maximum absolute atomic E-state index is 7.47. The molecule has 3 aliphatic rings. The molecule has 2 aliphatic heterocycles. The molecule has 8 aromatic rings. The Kier molecular flexibility index (Phi) is 8.39. The Morgan fingerprint density at radius 2 is 1.27 bits per heavy atom. The molecule has 0 N–H and O–H groups in total. The van der Waals surface area contributed by atoms with Gasteiger partial charge in [0.25, 0.3) is 6.71 Å². The van der Waals surface area contributed by atoms with Crippen molar-refractivity contribution in [1.29, 1.82) is 0 Å². The van der Waals surface area contributed by atoms with E-state index in [0.717, 1.165) is 45.9 Å². The van der Waals surface area contributed by atoms with Crippen molar-refractivity contribution < 1.29 is 4.74 Å². The van der Waals surface area contributed by atoms with Crippen molar-refractivity contribution in [3.63, 3.8) is 0 Å². The summed E-state index contributed by atoms with van der Waals surface area (Å²) >= 11 is 0. The molecule has 306 valence electrons. The molecule has 0 radical (unpaired) electrons. The van der Waals surface area contributed by atoms with E-state index >= 15 is 0 Å². The maximum Gasteiger partial charge on any atom is 0.252 e. The van der Waals surface area contributed by atoms with Gasteiger partial charge in [0.15, 0.2) is 0 Å². The van der Waals surface area contributed by atoms with Gasteiger partial charge in [0, 0.05) is 52.0 Å². The molecule has 1 aromatic heterocycles. The summed E-state index contributed by atoms with van der Waals surface area (Å²) in [6.45, 7) is 20.4. The molecule has 0 spiro atoms. The van der Waals surface area contributed by atoms with E-state index in [1.165, 1.54) is 83.3 Å². The fourth-order valence-electron chi connectivity index (χ4n) is 10.5. The summed E-state index contributed by atoms with van der Waals surface area (Å²) in [4.78, 5) is 5.03. The van der Waals surface area contributed by atoms with Gasteiger partial charge in [-0.1, -0.05) is 125 Å². The van der Waals surface area contributed by atoms with Gasteiger partial charge in [-0.15, -0.1) is 0 Å². The molecule has 62 heavy (non-hydrogen) atoms. The standard InChI is InChI=1S/C57H54BN3O/c1-34-15-23-40(24-16-34)60(41-25-17-35(2)18-26-41)49-33-46-55(51-43-13-11-12-14-47(43)59(10)54(49)51)62-50-30-36(3)29-48-52(50)58(46)45-31-37-19-20-39(57(7,8)9)32-44(37)53(45)61(48)42-27-21-38(22-28-42)56(4,5)6/h11-30,32-33H,31H2,1-10H3. The summed E-state index contributed by atoms with van der Waals surface area (Å²) in [5, 5.41) is 2.35. The lowest BCUT2D eigenvalue weighted by Crippen LogP contribution is -2.53. The highest BCUT2D eigenvalue weighted by molar-refractivity contribution is 6.95.